The van der Waals surface area contributed by atoms with Crippen LogP contribution in [0.4, 0.5) is 0 Å². The molecular weight excluding hydrogens is 152 g/mol. The average molecular weight is 155 g/mol. The van der Waals surface area contributed by atoms with Crippen LogP contribution >= 0.6 is 15.9 Å². The first-order chi connectivity index (χ1) is 2.27. The molecule has 0 saturated carbocycles. The molecule has 0 aliphatic carbocycles. The van der Waals surface area contributed by atoms with Crippen molar-refractivity contribution in [3.63, 3.8) is 0 Å². The first-order valence-corrected chi connectivity index (χ1v) is 2.59. The van der Waals surface area contributed by atoms with Crippen LogP contribution in [0, 0.1) is 0 Å². The third kappa shape index (κ3) is 4.37. The van der Waals surface area contributed by atoms with Gasteiger partial charge in [0.2, 0.25) is 0 Å². The lowest BCUT2D eigenvalue weighted by Crippen LogP contribution is -1.64. The minimum Gasteiger partial charge on any atom is -0.212 e. The standard InChI is InChI=1S/C2H3BrOS/c1-2(3)5-4/h1H3. The number of halogens is 1. The number of hydrogen-bond donors (Lipinski definition) is 0. The monoisotopic (exact) mass is 154 g/mol. The Morgan fingerprint density at radius 3 is 2.20 bits per heavy atom. The minimum absolute atomic E-state index is 0.463. The predicted molar refractivity (Wildman–Crippen MR) is 27.8 cm³/mol. The highest BCUT2D eigenvalue weighted by Gasteiger charge is 1.66. The molecule has 0 unspecified atom stereocenters. The zero-order chi connectivity index (χ0) is 4.28. The van der Waals surface area contributed by atoms with Crippen molar-refractivity contribution >= 4 is 31.0 Å². The van der Waals surface area contributed by atoms with Crippen molar-refractivity contribution in [1.29, 1.82) is 0 Å². The van der Waals surface area contributed by atoms with Crippen LogP contribution in [0.1, 0.15) is 6.92 Å². The quantitative estimate of drug-likeness (QED) is 0.372. The lowest BCUT2D eigenvalue weighted by atomic mass is 11.0. The van der Waals surface area contributed by atoms with Crippen LogP contribution in [0.3, 0.4) is 0 Å². The Morgan fingerprint density at radius 1 is 2.00 bits per heavy atom. The van der Waals surface area contributed by atoms with Crippen molar-refractivity contribution in [2.24, 2.45) is 0 Å². The predicted octanol–water partition coefficient (Wildman–Crippen LogP) is 0.744. The second kappa shape index (κ2) is 2.60. The summed E-state index contributed by atoms with van der Waals surface area (Å²) >= 11 is 3.40. The molecule has 3 heteroatoms. The first kappa shape index (κ1) is 5.37. The van der Waals surface area contributed by atoms with E-state index in [1.54, 1.807) is 6.92 Å². The molecular formula is C2H3BrOS. The van der Waals surface area contributed by atoms with Crippen molar-refractivity contribution in [3.05, 3.63) is 0 Å². The molecule has 0 atom stereocenters. The van der Waals surface area contributed by atoms with E-state index in [0.29, 0.717) is 15.0 Å². The Hall–Kier alpha value is 0.370. The Balaban J connectivity index is 3.60. The Labute approximate surface area is 42.6 Å². The first-order valence-electron chi connectivity index (χ1n) is 1.06. The van der Waals surface area contributed by atoms with Gasteiger partial charge in [0.25, 0.3) is 0 Å². The second-order valence-corrected chi connectivity index (χ2v) is 3.05. The van der Waals surface area contributed by atoms with Crippen LogP contribution in [-0.4, -0.2) is 7.98 Å². The van der Waals surface area contributed by atoms with Gasteiger partial charge in [-0.2, -0.15) is 0 Å². The fraction of sp³-hybridized carbons (Fsp3) is 0.500. The van der Waals surface area contributed by atoms with E-state index in [9.17, 15) is 4.21 Å². The Bertz CT molecular complexity index is 69.7. The Morgan fingerprint density at radius 2 is 2.20 bits per heavy atom. The van der Waals surface area contributed by atoms with E-state index >= 15 is 0 Å². The van der Waals surface area contributed by atoms with Gasteiger partial charge in [0.15, 0.2) is 0 Å². The molecule has 0 N–H and O–H groups in total. The topological polar surface area (TPSA) is 17.1 Å². The molecule has 0 radical (unpaired) electrons. The molecule has 0 saturated heterocycles. The van der Waals surface area contributed by atoms with E-state index in [0.717, 1.165) is 0 Å². The number of rotatable bonds is 0. The van der Waals surface area contributed by atoms with Gasteiger partial charge in [-0.25, -0.2) is 4.21 Å². The molecule has 0 aromatic rings. The molecule has 5 heavy (non-hydrogen) atoms. The molecule has 0 spiro atoms. The van der Waals surface area contributed by atoms with Crippen LogP contribution in [0.2, 0.25) is 0 Å². The molecule has 0 amide bonds. The molecule has 0 aliphatic rings. The van der Waals surface area contributed by atoms with Crippen LogP contribution in [0.25, 0.3) is 0 Å². The molecule has 0 aliphatic heterocycles. The maximum Gasteiger partial charge on any atom is 0.0993 e. The molecule has 0 aromatic heterocycles. The van der Waals surface area contributed by atoms with Crippen LogP contribution < -0.4 is 0 Å². The summed E-state index contributed by atoms with van der Waals surface area (Å²) in [6.45, 7) is 1.71. The summed E-state index contributed by atoms with van der Waals surface area (Å²) in [5, 5.41) is 0. The van der Waals surface area contributed by atoms with Gasteiger partial charge in [-0.1, -0.05) is 0 Å². The smallest absolute Gasteiger partial charge is 0.0993 e. The third-order valence-electron chi connectivity index (χ3n) is 0.115. The summed E-state index contributed by atoms with van der Waals surface area (Å²) in [4.78, 5) is 0. The molecule has 1 nitrogen and oxygen atoms in total. The maximum atomic E-state index is 9.46. The molecule has 0 aromatic carbocycles. The Kier molecular flexibility index (Phi) is 2.79. The van der Waals surface area contributed by atoms with Crippen LogP contribution in [0.15, 0.2) is 0 Å². The second-order valence-electron chi connectivity index (χ2n) is 0.554. The summed E-state index contributed by atoms with van der Waals surface area (Å²) in [5.74, 6) is 0. The van der Waals surface area contributed by atoms with Gasteiger partial charge in [0.05, 0.1) is 15.0 Å². The van der Waals surface area contributed by atoms with Crippen molar-refractivity contribution in [2.75, 3.05) is 0 Å². The fourth-order valence-electron chi connectivity index (χ4n) is 0. The molecule has 0 fully saturated rings. The summed E-state index contributed by atoms with van der Waals surface area (Å²) in [7, 11) is 0. The maximum absolute atomic E-state index is 9.46. The van der Waals surface area contributed by atoms with E-state index < -0.39 is 0 Å². The minimum atomic E-state index is 0.463. The lowest BCUT2D eigenvalue weighted by Gasteiger charge is -1.58. The fourth-order valence-corrected chi connectivity index (χ4v) is 0. The zero-order valence-electron chi connectivity index (χ0n) is 2.69. The van der Waals surface area contributed by atoms with Gasteiger partial charge in [-0.3, -0.25) is 0 Å². The number of hydrogen-bond acceptors (Lipinski definition) is 1. The highest BCUT2D eigenvalue weighted by atomic mass is 79.9. The molecule has 30 valence electrons. The normalized spacial score (nSPS) is 6.80. The van der Waals surface area contributed by atoms with Gasteiger partial charge < -0.3 is 0 Å². The van der Waals surface area contributed by atoms with Crippen LogP contribution in [0.5, 0.6) is 0 Å². The van der Waals surface area contributed by atoms with Gasteiger partial charge in [-0.15, -0.1) is 0 Å². The molecule has 0 rings (SSSR count). The lowest BCUT2D eigenvalue weighted by molar-refractivity contribution is 0.701. The van der Waals surface area contributed by atoms with Crippen molar-refractivity contribution in [1.82, 2.24) is 0 Å². The van der Waals surface area contributed by atoms with Crippen molar-refractivity contribution in [2.45, 2.75) is 6.92 Å². The van der Waals surface area contributed by atoms with E-state index in [1.807, 2.05) is 0 Å². The molecule has 0 bridgehead atoms. The van der Waals surface area contributed by atoms with E-state index in [1.165, 1.54) is 0 Å². The molecule has 0 heterocycles. The highest BCUT2D eigenvalue weighted by molar-refractivity contribution is 9.19. The van der Waals surface area contributed by atoms with E-state index in [2.05, 4.69) is 15.9 Å². The van der Waals surface area contributed by atoms with Gasteiger partial charge in [0.1, 0.15) is 0 Å². The summed E-state index contributed by atoms with van der Waals surface area (Å²) in [6.07, 6.45) is 0. The summed E-state index contributed by atoms with van der Waals surface area (Å²) in [5.41, 5.74) is 0. The van der Waals surface area contributed by atoms with E-state index in [-0.39, 0.29) is 0 Å². The highest BCUT2D eigenvalue weighted by Crippen LogP contribution is 1.76. The van der Waals surface area contributed by atoms with Crippen LogP contribution in [-0.2, 0) is 11.3 Å². The van der Waals surface area contributed by atoms with Gasteiger partial charge in [0, 0.05) is 0 Å². The van der Waals surface area contributed by atoms with Gasteiger partial charge in [-0.05, 0) is 22.9 Å². The van der Waals surface area contributed by atoms with Crippen molar-refractivity contribution in [3.8, 4) is 0 Å². The SMILES string of the molecule is CC(Br)=S=O. The zero-order valence-corrected chi connectivity index (χ0v) is 5.10. The summed E-state index contributed by atoms with van der Waals surface area (Å²) in [6, 6.07) is 0. The third-order valence-corrected chi connectivity index (χ3v) is 0.741. The van der Waals surface area contributed by atoms with E-state index in [4.69, 9.17) is 0 Å². The van der Waals surface area contributed by atoms with Gasteiger partial charge >= 0.3 is 0 Å². The summed E-state index contributed by atoms with van der Waals surface area (Å²) < 4.78 is 10.1. The average Bonchev–Trinajstić information content (AvgIpc) is 1.38. The largest absolute Gasteiger partial charge is 0.212 e. The van der Waals surface area contributed by atoms with Crippen molar-refractivity contribution < 1.29 is 4.21 Å².